The summed E-state index contributed by atoms with van der Waals surface area (Å²) in [6.07, 6.45) is 2.32. The second-order valence-electron chi connectivity index (χ2n) is 3.50. The van der Waals surface area contributed by atoms with Crippen LogP contribution in [0.15, 0.2) is 42.5 Å². The Bertz CT molecular complexity index is 414. The SMILES string of the molecule is O=C(O)C=CCCOC(=O)NCc1ccccc1. The van der Waals surface area contributed by atoms with E-state index in [0.717, 1.165) is 11.6 Å². The summed E-state index contributed by atoms with van der Waals surface area (Å²) in [7, 11) is 0. The second kappa shape index (κ2) is 7.89. The minimum absolute atomic E-state index is 0.157. The van der Waals surface area contributed by atoms with E-state index >= 15 is 0 Å². The van der Waals surface area contributed by atoms with Gasteiger partial charge in [-0.1, -0.05) is 36.4 Å². The molecule has 1 amide bonds. The van der Waals surface area contributed by atoms with Crippen molar-refractivity contribution in [1.29, 1.82) is 0 Å². The van der Waals surface area contributed by atoms with Crippen molar-refractivity contribution in [2.45, 2.75) is 13.0 Å². The number of carbonyl (C=O) groups is 2. The van der Waals surface area contributed by atoms with Crippen LogP contribution in [0.1, 0.15) is 12.0 Å². The largest absolute Gasteiger partial charge is 0.478 e. The highest BCUT2D eigenvalue weighted by molar-refractivity contribution is 5.79. The van der Waals surface area contributed by atoms with E-state index in [2.05, 4.69) is 5.32 Å². The van der Waals surface area contributed by atoms with Crippen LogP contribution in [0.25, 0.3) is 0 Å². The van der Waals surface area contributed by atoms with Crippen LogP contribution in [0.4, 0.5) is 4.79 Å². The van der Waals surface area contributed by atoms with Gasteiger partial charge in [0.25, 0.3) is 0 Å². The maximum Gasteiger partial charge on any atom is 0.407 e. The van der Waals surface area contributed by atoms with Crippen molar-refractivity contribution in [1.82, 2.24) is 5.32 Å². The van der Waals surface area contributed by atoms with E-state index in [-0.39, 0.29) is 6.61 Å². The molecule has 5 nitrogen and oxygen atoms in total. The Balaban J connectivity index is 2.13. The molecule has 96 valence electrons. The number of ether oxygens (including phenoxy) is 1. The molecule has 0 heterocycles. The number of carbonyl (C=O) groups excluding carboxylic acids is 1. The first-order chi connectivity index (χ1) is 8.68. The predicted octanol–water partition coefficient (Wildman–Crippen LogP) is 1.94. The number of rotatable bonds is 6. The summed E-state index contributed by atoms with van der Waals surface area (Å²) < 4.78 is 4.85. The molecular formula is C13H15NO4. The highest BCUT2D eigenvalue weighted by Gasteiger charge is 2.00. The van der Waals surface area contributed by atoms with Crippen molar-refractivity contribution in [2.75, 3.05) is 6.61 Å². The Kier molecular flexibility index (Phi) is 6.03. The van der Waals surface area contributed by atoms with E-state index in [4.69, 9.17) is 9.84 Å². The fourth-order valence-corrected chi connectivity index (χ4v) is 1.22. The van der Waals surface area contributed by atoms with Crippen molar-refractivity contribution >= 4 is 12.1 Å². The molecule has 0 fully saturated rings. The molecule has 0 spiro atoms. The van der Waals surface area contributed by atoms with Crippen LogP contribution in [-0.2, 0) is 16.1 Å². The molecule has 0 radical (unpaired) electrons. The van der Waals surface area contributed by atoms with E-state index in [1.54, 1.807) is 0 Å². The van der Waals surface area contributed by atoms with E-state index in [9.17, 15) is 9.59 Å². The Hall–Kier alpha value is -2.30. The molecule has 2 N–H and O–H groups in total. The Morgan fingerprint density at radius 1 is 1.28 bits per heavy atom. The average Bonchev–Trinajstić information content (AvgIpc) is 2.37. The molecular weight excluding hydrogens is 234 g/mol. The Labute approximate surface area is 105 Å². The third kappa shape index (κ3) is 6.32. The number of hydrogen-bond donors (Lipinski definition) is 2. The van der Waals surface area contributed by atoms with Gasteiger partial charge in [0.05, 0.1) is 6.61 Å². The smallest absolute Gasteiger partial charge is 0.407 e. The summed E-state index contributed by atoms with van der Waals surface area (Å²) in [6, 6.07) is 9.47. The molecule has 0 saturated heterocycles. The fraction of sp³-hybridized carbons (Fsp3) is 0.231. The molecule has 5 heteroatoms. The summed E-state index contributed by atoms with van der Waals surface area (Å²) in [5.41, 5.74) is 0.986. The lowest BCUT2D eigenvalue weighted by Gasteiger charge is -2.05. The molecule has 0 aromatic heterocycles. The summed E-state index contributed by atoms with van der Waals surface area (Å²) in [5, 5.41) is 10.9. The predicted molar refractivity (Wildman–Crippen MR) is 66.0 cm³/mol. The zero-order chi connectivity index (χ0) is 13.2. The summed E-state index contributed by atoms with van der Waals surface area (Å²) in [4.78, 5) is 21.4. The van der Waals surface area contributed by atoms with Gasteiger partial charge < -0.3 is 15.2 Å². The van der Waals surface area contributed by atoms with Crippen LogP contribution in [0.3, 0.4) is 0 Å². The number of carboxylic acids is 1. The molecule has 0 bridgehead atoms. The van der Waals surface area contributed by atoms with E-state index < -0.39 is 12.1 Å². The first kappa shape index (κ1) is 13.8. The average molecular weight is 249 g/mol. The van der Waals surface area contributed by atoms with Crippen LogP contribution in [0.2, 0.25) is 0 Å². The van der Waals surface area contributed by atoms with Gasteiger partial charge in [0.1, 0.15) is 0 Å². The van der Waals surface area contributed by atoms with Gasteiger partial charge in [0, 0.05) is 19.0 Å². The summed E-state index contributed by atoms with van der Waals surface area (Å²) in [5.74, 6) is -1.01. The number of benzene rings is 1. The van der Waals surface area contributed by atoms with Crippen molar-refractivity contribution in [3.05, 3.63) is 48.0 Å². The molecule has 0 atom stereocenters. The number of carboxylic acid groups (broad SMARTS) is 1. The number of amides is 1. The highest BCUT2D eigenvalue weighted by Crippen LogP contribution is 1.97. The number of aliphatic carboxylic acids is 1. The molecule has 0 aliphatic rings. The second-order valence-corrected chi connectivity index (χ2v) is 3.50. The monoisotopic (exact) mass is 249 g/mol. The van der Waals surface area contributed by atoms with E-state index in [1.807, 2.05) is 30.3 Å². The van der Waals surface area contributed by atoms with Gasteiger partial charge >= 0.3 is 12.1 Å². The first-order valence-corrected chi connectivity index (χ1v) is 5.52. The van der Waals surface area contributed by atoms with E-state index in [1.165, 1.54) is 6.08 Å². The molecule has 18 heavy (non-hydrogen) atoms. The molecule has 1 aromatic rings. The molecule has 1 aromatic carbocycles. The topological polar surface area (TPSA) is 75.6 Å². The molecule has 0 aliphatic heterocycles. The van der Waals surface area contributed by atoms with Gasteiger partial charge in [-0.3, -0.25) is 0 Å². The lowest BCUT2D eigenvalue weighted by atomic mass is 10.2. The summed E-state index contributed by atoms with van der Waals surface area (Å²) in [6.45, 7) is 0.565. The third-order valence-electron chi connectivity index (χ3n) is 2.06. The third-order valence-corrected chi connectivity index (χ3v) is 2.06. The zero-order valence-corrected chi connectivity index (χ0v) is 9.83. The minimum atomic E-state index is -1.01. The molecule has 0 unspecified atom stereocenters. The van der Waals surface area contributed by atoms with Crippen LogP contribution in [0, 0.1) is 0 Å². The van der Waals surface area contributed by atoms with Crippen LogP contribution in [-0.4, -0.2) is 23.8 Å². The quantitative estimate of drug-likeness (QED) is 0.596. The number of hydrogen-bond acceptors (Lipinski definition) is 3. The normalized spacial score (nSPS) is 10.2. The van der Waals surface area contributed by atoms with Crippen molar-refractivity contribution in [3.63, 3.8) is 0 Å². The Morgan fingerprint density at radius 3 is 2.67 bits per heavy atom. The lowest BCUT2D eigenvalue weighted by molar-refractivity contribution is -0.131. The molecule has 0 aliphatic carbocycles. The van der Waals surface area contributed by atoms with Gasteiger partial charge in [-0.15, -0.1) is 0 Å². The van der Waals surface area contributed by atoms with Crippen molar-refractivity contribution < 1.29 is 19.4 Å². The van der Waals surface area contributed by atoms with Gasteiger partial charge in [-0.05, 0) is 5.56 Å². The fourth-order valence-electron chi connectivity index (χ4n) is 1.22. The lowest BCUT2D eigenvalue weighted by Crippen LogP contribution is -2.24. The Morgan fingerprint density at radius 2 is 2.00 bits per heavy atom. The van der Waals surface area contributed by atoms with Crippen LogP contribution in [0.5, 0.6) is 0 Å². The van der Waals surface area contributed by atoms with Crippen LogP contribution < -0.4 is 5.32 Å². The van der Waals surface area contributed by atoms with Gasteiger partial charge in [0.15, 0.2) is 0 Å². The van der Waals surface area contributed by atoms with Crippen molar-refractivity contribution in [2.24, 2.45) is 0 Å². The number of nitrogens with one attached hydrogen (secondary N) is 1. The minimum Gasteiger partial charge on any atom is -0.478 e. The summed E-state index contributed by atoms with van der Waals surface area (Å²) >= 11 is 0. The van der Waals surface area contributed by atoms with Gasteiger partial charge in [0.2, 0.25) is 0 Å². The highest BCUT2D eigenvalue weighted by atomic mass is 16.5. The zero-order valence-electron chi connectivity index (χ0n) is 9.83. The maximum atomic E-state index is 11.2. The standard InChI is InChI=1S/C13H15NO4/c15-12(16)8-4-5-9-18-13(17)14-10-11-6-2-1-3-7-11/h1-4,6-8H,5,9-10H2,(H,14,17)(H,15,16). The van der Waals surface area contributed by atoms with Crippen molar-refractivity contribution in [3.8, 4) is 0 Å². The van der Waals surface area contributed by atoms with Crippen LogP contribution >= 0.6 is 0 Å². The molecule has 1 rings (SSSR count). The number of alkyl carbamates (subject to hydrolysis) is 1. The first-order valence-electron chi connectivity index (χ1n) is 5.52. The van der Waals surface area contributed by atoms with Gasteiger partial charge in [-0.2, -0.15) is 0 Å². The molecule has 0 saturated carbocycles. The van der Waals surface area contributed by atoms with Gasteiger partial charge in [-0.25, -0.2) is 9.59 Å². The maximum absolute atomic E-state index is 11.2. The van der Waals surface area contributed by atoms with E-state index in [0.29, 0.717) is 13.0 Å².